The fourth-order valence-corrected chi connectivity index (χ4v) is 1.49. The number of hydrogen-bond acceptors (Lipinski definition) is 3. The topological polar surface area (TPSA) is 70.2 Å². The SMILES string of the molecule is CNCCC(=O)Nc1cc(NC(C)=O)ccc1C. The summed E-state index contributed by atoms with van der Waals surface area (Å²) in [5.74, 6) is -0.182. The van der Waals surface area contributed by atoms with Gasteiger partial charge in [0.2, 0.25) is 11.8 Å². The van der Waals surface area contributed by atoms with E-state index in [1.54, 1.807) is 19.2 Å². The van der Waals surface area contributed by atoms with E-state index < -0.39 is 0 Å². The number of carbonyl (C=O) groups excluding carboxylic acids is 2. The van der Waals surface area contributed by atoms with Crippen LogP contribution in [-0.4, -0.2) is 25.4 Å². The van der Waals surface area contributed by atoms with Crippen molar-refractivity contribution in [2.24, 2.45) is 0 Å². The van der Waals surface area contributed by atoms with Gasteiger partial charge in [-0.15, -0.1) is 0 Å². The molecule has 3 N–H and O–H groups in total. The predicted molar refractivity (Wildman–Crippen MR) is 72.7 cm³/mol. The van der Waals surface area contributed by atoms with E-state index in [-0.39, 0.29) is 11.8 Å². The number of nitrogens with one attached hydrogen (secondary N) is 3. The molecule has 0 radical (unpaired) electrons. The zero-order valence-electron chi connectivity index (χ0n) is 11.0. The third-order valence-electron chi connectivity index (χ3n) is 2.43. The summed E-state index contributed by atoms with van der Waals surface area (Å²) in [6.07, 6.45) is 0.417. The lowest BCUT2D eigenvalue weighted by Gasteiger charge is -2.10. The van der Waals surface area contributed by atoms with E-state index >= 15 is 0 Å². The van der Waals surface area contributed by atoms with Crippen molar-refractivity contribution in [1.29, 1.82) is 0 Å². The first-order chi connectivity index (χ1) is 8.52. The Balaban J connectivity index is 2.74. The van der Waals surface area contributed by atoms with E-state index in [1.807, 2.05) is 13.0 Å². The molecule has 5 nitrogen and oxygen atoms in total. The van der Waals surface area contributed by atoms with Crippen LogP contribution in [0.1, 0.15) is 18.9 Å². The van der Waals surface area contributed by atoms with Crippen LogP contribution in [0.2, 0.25) is 0 Å². The summed E-state index contributed by atoms with van der Waals surface area (Å²) in [7, 11) is 1.80. The summed E-state index contributed by atoms with van der Waals surface area (Å²) in [6, 6.07) is 5.42. The summed E-state index contributed by atoms with van der Waals surface area (Å²) >= 11 is 0. The molecular formula is C13H19N3O2. The Labute approximate surface area is 107 Å². The molecule has 1 aromatic carbocycles. The standard InChI is InChI=1S/C13H19N3O2/c1-9-4-5-11(15-10(2)17)8-12(9)16-13(18)6-7-14-3/h4-5,8,14H,6-7H2,1-3H3,(H,15,17)(H,16,18). The van der Waals surface area contributed by atoms with Crippen LogP contribution < -0.4 is 16.0 Å². The third kappa shape index (κ3) is 4.55. The van der Waals surface area contributed by atoms with E-state index in [4.69, 9.17) is 0 Å². The Kier molecular flexibility index (Phi) is 5.32. The summed E-state index contributed by atoms with van der Waals surface area (Å²) < 4.78 is 0. The van der Waals surface area contributed by atoms with Crippen molar-refractivity contribution in [3.63, 3.8) is 0 Å². The van der Waals surface area contributed by atoms with Gasteiger partial charge in [0.1, 0.15) is 0 Å². The zero-order chi connectivity index (χ0) is 13.5. The number of amides is 2. The molecule has 0 heterocycles. The first-order valence-electron chi connectivity index (χ1n) is 5.85. The lowest BCUT2D eigenvalue weighted by atomic mass is 10.1. The Bertz CT molecular complexity index is 444. The van der Waals surface area contributed by atoms with Gasteiger partial charge in [-0.1, -0.05) is 6.07 Å². The second kappa shape index (κ2) is 6.76. The molecule has 2 amide bonds. The number of anilines is 2. The van der Waals surface area contributed by atoms with E-state index in [1.165, 1.54) is 6.92 Å². The number of aryl methyl sites for hydroxylation is 1. The number of benzene rings is 1. The van der Waals surface area contributed by atoms with Crippen molar-refractivity contribution in [2.75, 3.05) is 24.2 Å². The number of rotatable bonds is 5. The van der Waals surface area contributed by atoms with Crippen molar-refractivity contribution in [3.8, 4) is 0 Å². The minimum absolute atomic E-state index is 0.0487. The van der Waals surface area contributed by atoms with Crippen LogP contribution in [0, 0.1) is 6.92 Å². The average molecular weight is 249 g/mol. The molecule has 0 bridgehead atoms. The molecular weight excluding hydrogens is 230 g/mol. The highest BCUT2D eigenvalue weighted by Crippen LogP contribution is 2.20. The number of hydrogen-bond donors (Lipinski definition) is 3. The van der Waals surface area contributed by atoms with Gasteiger partial charge in [0.05, 0.1) is 0 Å². The predicted octanol–water partition coefficient (Wildman–Crippen LogP) is 1.50. The molecule has 0 atom stereocenters. The van der Waals surface area contributed by atoms with Gasteiger partial charge in [0.15, 0.2) is 0 Å². The van der Waals surface area contributed by atoms with Crippen LogP contribution in [0.25, 0.3) is 0 Å². The molecule has 98 valence electrons. The van der Waals surface area contributed by atoms with Gasteiger partial charge in [-0.3, -0.25) is 9.59 Å². The molecule has 0 saturated carbocycles. The van der Waals surface area contributed by atoms with Gasteiger partial charge < -0.3 is 16.0 Å². The van der Waals surface area contributed by atoms with Crippen molar-refractivity contribution < 1.29 is 9.59 Å². The molecule has 18 heavy (non-hydrogen) atoms. The van der Waals surface area contributed by atoms with Gasteiger partial charge >= 0.3 is 0 Å². The summed E-state index contributed by atoms with van der Waals surface area (Å²) in [5.41, 5.74) is 2.36. The Hall–Kier alpha value is -1.88. The minimum atomic E-state index is -0.133. The van der Waals surface area contributed by atoms with Gasteiger partial charge in [-0.25, -0.2) is 0 Å². The lowest BCUT2D eigenvalue weighted by molar-refractivity contribution is -0.116. The molecule has 1 rings (SSSR count). The van der Waals surface area contributed by atoms with Crippen molar-refractivity contribution >= 4 is 23.2 Å². The van der Waals surface area contributed by atoms with Crippen LogP contribution in [0.5, 0.6) is 0 Å². The number of carbonyl (C=O) groups is 2. The minimum Gasteiger partial charge on any atom is -0.326 e. The highest BCUT2D eigenvalue weighted by atomic mass is 16.2. The first-order valence-corrected chi connectivity index (χ1v) is 5.85. The molecule has 0 unspecified atom stereocenters. The molecule has 1 aromatic rings. The van der Waals surface area contributed by atoms with Crippen molar-refractivity contribution in [2.45, 2.75) is 20.3 Å². The molecule has 5 heteroatoms. The van der Waals surface area contributed by atoms with E-state index in [9.17, 15) is 9.59 Å². The fraction of sp³-hybridized carbons (Fsp3) is 0.385. The van der Waals surface area contributed by atoms with E-state index in [0.29, 0.717) is 18.7 Å². The zero-order valence-corrected chi connectivity index (χ0v) is 11.0. The molecule has 0 aromatic heterocycles. The summed E-state index contributed by atoms with van der Waals surface area (Å²) in [6.45, 7) is 3.99. The van der Waals surface area contributed by atoms with E-state index in [2.05, 4.69) is 16.0 Å². The molecule has 0 aliphatic heterocycles. The van der Waals surface area contributed by atoms with Crippen LogP contribution in [0.3, 0.4) is 0 Å². The quantitative estimate of drug-likeness (QED) is 0.740. The van der Waals surface area contributed by atoms with Crippen LogP contribution in [0.15, 0.2) is 18.2 Å². The smallest absolute Gasteiger partial charge is 0.225 e. The average Bonchev–Trinajstić information content (AvgIpc) is 2.30. The Morgan fingerprint density at radius 1 is 1.22 bits per heavy atom. The van der Waals surface area contributed by atoms with Crippen molar-refractivity contribution in [3.05, 3.63) is 23.8 Å². The Morgan fingerprint density at radius 2 is 1.94 bits per heavy atom. The molecule has 0 aliphatic carbocycles. The maximum absolute atomic E-state index is 11.6. The van der Waals surface area contributed by atoms with Crippen LogP contribution >= 0.6 is 0 Å². The highest BCUT2D eigenvalue weighted by Gasteiger charge is 2.06. The van der Waals surface area contributed by atoms with Crippen molar-refractivity contribution in [1.82, 2.24) is 5.32 Å². The second-order valence-corrected chi connectivity index (χ2v) is 4.11. The highest BCUT2D eigenvalue weighted by molar-refractivity contribution is 5.94. The first kappa shape index (κ1) is 14.2. The Morgan fingerprint density at radius 3 is 2.56 bits per heavy atom. The fourth-order valence-electron chi connectivity index (χ4n) is 1.49. The molecule has 0 aliphatic rings. The molecule has 0 fully saturated rings. The van der Waals surface area contributed by atoms with Gasteiger partial charge in [-0.2, -0.15) is 0 Å². The molecule has 0 spiro atoms. The van der Waals surface area contributed by atoms with Crippen LogP contribution in [0.4, 0.5) is 11.4 Å². The monoisotopic (exact) mass is 249 g/mol. The van der Waals surface area contributed by atoms with Gasteiger partial charge in [0, 0.05) is 31.3 Å². The van der Waals surface area contributed by atoms with Gasteiger partial charge in [0.25, 0.3) is 0 Å². The normalized spacial score (nSPS) is 9.94. The van der Waals surface area contributed by atoms with E-state index in [0.717, 1.165) is 11.3 Å². The van der Waals surface area contributed by atoms with Gasteiger partial charge in [-0.05, 0) is 31.7 Å². The lowest BCUT2D eigenvalue weighted by Crippen LogP contribution is -2.19. The molecule has 0 saturated heterocycles. The summed E-state index contributed by atoms with van der Waals surface area (Å²) in [4.78, 5) is 22.6. The van der Waals surface area contributed by atoms with Crippen LogP contribution in [-0.2, 0) is 9.59 Å². The summed E-state index contributed by atoms with van der Waals surface area (Å²) in [5, 5.41) is 8.43. The third-order valence-corrected chi connectivity index (χ3v) is 2.43. The largest absolute Gasteiger partial charge is 0.326 e. The second-order valence-electron chi connectivity index (χ2n) is 4.11. The maximum Gasteiger partial charge on any atom is 0.225 e. The maximum atomic E-state index is 11.6.